The Morgan fingerprint density at radius 2 is 1.92 bits per heavy atom. The molecule has 1 aliphatic heterocycles. The summed E-state index contributed by atoms with van der Waals surface area (Å²) in [7, 11) is 2.11. The third kappa shape index (κ3) is 2.44. The van der Waals surface area contributed by atoms with Gasteiger partial charge < -0.3 is 10.2 Å². The second-order valence-electron chi connectivity index (χ2n) is 4.68. The molecule has 2 aliphatic rings. The lowest BCUT2D eigenvalue weighted by molar-refractivity contribution is 0.317. The van der Waals surface area contributed by atoms with Gasteiger partial charge in [0.25, 0.3) is 0 Å². The third-order valence-corrected chi connectivity index (χ3v) is 3.71. The summed E-state index contributed by atoms with van der Waals surface area (Å²) in [6, 6.07) is 0. The van der Waals surface area contributed by atoms with E-state index in [1.54, 1.807) is 0 Å². The van der Waals surface area contributed by atoms with E-state index in [2.05, 4.69) is 17.3 Å². The SMILES string of the molecule is CNC1(CCCN2CCCC2)CC1. The molecule has 0 unspecified atom stereocenters. The van der Waals surface area contributed by atoms with Gasteiger partial charge in [-0.2, -0.15) is 0 Å². The van der Waals surface area contributed by atoms with Crippen molar-refractivity contribution in [3.8, 4) is 0 Å². The first-order valence-corrected chi connectivity index (χ1v) is 5.76. The molecule has 1 saturated carbocycles. The smallest absolute Gasteiger partial charge is 0.0180 e. The minimum atomic E-state index is 0.569. The Bertz CT molecular complexity index is 157. The fourth-order valence-electron chi connectivity index (χ4n) is 2.42. The number of nitrogens with one attached hydrogen (secondary N) is 1. The van der Waals surface area contributed by atoms with Crippen molar-refractivity contribution in [2.75, 3.05) is 26.7 Å². The molecule has 0 bridgehead atoms. The molecule has 0 aromatic carbocycles. The average Bonchev–Trinajstić information content (AvgIpc) is 2.74. The molecule has 0 radical (unpaired) electrons. The van der Waals surface area contributed by atoms with Crippen LogP contribution < -0.4 is 5.32 Å². The van der Waals surface area contributed by atoms with E-state index in [-0.39, 0.29) is 0 Å². The molecule has 0 amide bonds. The van der Waals surface area contributed by atoms with E-state index in [1.165, 1.54) is 58.2 Å². The number of rotatable bonds is 5. The molecule has 0 aromatic heterocycles. The van der Waals surface area contributed by atoms with Crippen molar-refractivity contribution in [3.63, 3.8) is 0 Å². The average molecular weight is 182 g/mol. The third-order valence-electron chi connectivity index (χ3n) is 3.71. The van der Waals surface area contributed by atoms with Crippen LogP contribution >= 0.6 is 0 Å². The van der Waals surface area contributed by atoms with Gasteiger partial charge in [0, 0.05) is 5.54 Å². The summed E-state index contributed by atoms with van der Waals surface area (Å²) in [5.41, 5.74) is 0.569. The normalized spacial score (nSPS) is 26.5. The van der Waals surface area contributed by atoms with Crippen LogP contribution in [-0.4, -0.2) is 37.1 Å². The second-order valence-corrected chi connectivity index (χ2v) is 4.68. The predicted molar refractivity (Wildman–Crippen MR) is 55.9 cm³/mol. The first-order chi connectivity index (χ1) is 6.35. The Morgan fingerprint density at radius 1 is 1.23 bits per heavy atom. The molecule has 1 aliphatic carbocycles. The number of nitrogens with zero attached hydrogens (tertiary/aromatic N) is 1. The highest BCUT2D eigenvalue weighted by Crippen LogP contribution is 2.39. The molecule has 1 saturated heterocycles. The van der Waals surface area contributed by atoms with Gasteiger partial charge in [0.1, 0.15) is 0 Å². The summed E-state index contributed by atoms with van der Waals surface area (Å²) in [6.07, 6.45) is 8.45. The van der Waals surface area contributed by atoms with Crippen LogP contribution in [0.25, 0.3) is 0 Å². The van der Waals surface area contributed by atoms with Gasteiger partial charge in [-0.1, -0.05) is 0 Å². The Hall–Kier alpha value is -0.0800. The molecule has 0 spiro atoms. The van der Waals surface area contributed by atoms with Crippen LogP contribution in [-0.2, 0) is 0 Å². The quantitative estimate of drug-likeness (QED) is 0.695. The lowest BCUT2D eigenvalue weighted by Crippen LogP contribution is -2.29. The monoisotopic (exact) mass is 182 g/mol. The van der Waals surface area contributed by atoms with E-state index < -0.39 is 0 Å². The first-order valence-electron chi connectivity index (χ1n) is 5.76. The highest BCUT2D eigenvalue weighted by atomic mass is 15.1. The number of hydrogen-bond donors (Lipinski definition) is 1. The maximum absolute atomic E-state index is 3.46. The first kappa shape index (κ1) is 9.47. The van der Waals surface area contributed by atoms with Crippen LogP contribution in [0, 0.1) is 0 Å². The molecular formula is C11H22N2. The van der Waals surface area contributed by atoms with Gasteiger partial charge in [0.05, 0.1) is 0 Å². The Kier molecular flexibility index (Phi) is 2.89. The maximum Gasteiger partial charge on any atom is 0.0180 e. The van der Waals surface area contributed by atoms with Gasteiger partial charge in [-0.25, -0.2) is 0 Å². The maximum atomic E-state index is 3.46. The summed E-state index contributed by atoms with van der Waals surface area (Å²) < 4.78 is 0. The molecule has 0 atom stereocenters. The lowest BCUT2D eigenvalue weighted by Gasteiger charge is -2.17. The van der Waals surface area contributed by atoms with Crippen molar-refractivity contribution in [2.24, 2.45) is 0 Å². The number of hydrogen-bond acceptors (Lipinski definition) is 2. The van der Waals surface area contributed by atoms with Crippen LogP contribution in [0.15, 0.2) is 0 Å². The topological polar surface area (TPSA) is 15.3 Å². The fraction of sp³-hybridized carbons (Fsp3) is 1.00. The standard InChI is InChI=1S/C11H22N2/c1-12-11(6-7-11)5-4-10-13-8-2-3-9-13/h12H,2-10H2,1H3. The van der Waals surface area contributed by atoms with Gasteiger partial charge in [-0.15, -0.1) is 0 Å². The van der Waals surface area contributed by atoms with E-state index in [4.69, 9.17) is 0 Å². The van der Waals surface area contributed by atoms with Crippen LogP contribution in [0.4, 0.5) is 0 Å². The summed E-state index contributed by atoms with van der Waals surface area (Å²) in [5.74, 6) is 0. The summed E-state index contributed by atoms with van der Waals surface area (Å²) in [4.78, 5) is 2.62. The minimum absolute atomic E-state index is 0.569. The van der Waals surface area contributed by atoms with E-state index in [1.807, 2.05) is 0 Å². The van der Waals surface area contributed by atoms with Crippen molar-refractivity contribution in [2.45, 2.75) is 44.1 Å². The highest BCUT2D eigenvalue weighted by Gasteiger charge is 2.39. The second kappa shape index (κ2) is 3.97. The van der Waals surface area contributed by atoms with Gasteiger partial charge in [-0.3, -0.25) is 0 Å². The zero-order valence-corrected chi connectivity index (χ0v) is 8.81. The molecule has 2 fully saturated rings. The van der Waals surface area contributed by atoms with E-state index in [9.17, 15) is 0 Å². The molecule has 1 N–H and O–H groups in total. The van der Waals surface area contributed by atoms with Gasteiger partial charge in [-0.05, 0) is 65.2 Å². The van der Waals surface area contributed by atoms with Crippen LogP contribution in [0.3, 0.4) is 0 Å². The van der Waals surface area contributed by atoms with Gasteiger partial charge in [0.2, 0.25) is 0 Å². The molecule has 13 heavy (non-hydrogen) atoms. The molecule has 2 nitrogen and oxygen atoms in total. The molecule has 2 rings (SSSR count). The van der Waals surface area contributed by atoms with Crippen molar-refractivity contribution in [3.05, 3.63) is 0 Å². The molecule has 1 heterocycles. The van der Waals surface area contributed by atoms with Gasteiger partial charge in [0.15, 0.2) is 0 Å². The minimum Gasteiger partial charge on any atom is -0.314 e. The van der Waals surface area contributed by atoms with Gasteiger partial charge >= 0.3 is 0 Å². The summed E-state index contributed by atoms with van der Waals surface area (Å²) in [5, 5.41) is 3.46. The van der Waals surface area contributed by atoms with Crippen LogP contribution in [0.5, 0.6) is 0 Å². The predicted octanol–water partition coefficient (Wildman–Crippen LogP) is 1.61. The van der Waals surface area contributed by atoms with Crippen molar-refractivity contribution < 1.29 is 0 Å². The lowest BCUT2D eigenvalue weighted by atomic mass is 10.1. The summed E-state index contributed by atoms with van der Waals surface area (Å²) >= 11 is 0. The largest absolute Gasteiger partial charge is 0.314 e. The van der Waals surface area contributed by atoms with Crippen LogP contribution in [0.2, 0.25) is 0 Å². The highest BCUT2D eigenvalue weighted by molar-refractivity contribution is 5.00. The zero-order valence-electron chi connectivity index (χ0n) is 8.81. The van der Waals surface area contributed by atoms with Crippen molar-refractivity contribution in [1.29, 1.82) is 0 Å². The fourth-order valence-corrected chi connectivity index (χ4v) is 2.42. The number of likely N-dealkylation sites (tertiary alicyclic amines) is 1. The Labute approximate surface area is 81.7 Å². The summed E-state index contributed by atoms with van der Waals surface area (Å²) in [6.45, 7) is 4.04. The van der Waals surface area contributed by atoms with E-state index in [0.29, 0.717) is 5.54 Å². The molecule has 0 aromatic rings. The molecular weight excluding hydrogens is 160 g/mol. The molecule has 76 valence electrons. The molecule has 2 heteroatoms. The van der Waals surface area contributed by atoms with E-state index in [0.717, 1.165) is 0 Å². The van der Waals surface area contributed by atoms with E-state index >= 15 is 0 Å². The Morgan fingerprint density at radius 3 is 2.46 bits per heavy atom. The van der Waals surface area contributed by atoms with Crippen molar-refractivity contribution >= 4 is 0 Å². The van der Waals surface area contributed by atoms with Crippen LogP contribution in [0.1, 0.15) is 38.5 Å². The van der Waals surface area contributed by atoms with Crippen molar-refractivity contribution in [1.82, 2.24) is 10.2 Å². The zero-order chi connectivity index (χ0) is 9.15. The Balaban J connectivity index is 1.58.